The van der Waals surface area contributed by atoms with E-state index in [0.717, 1.165) is 24.5 Å². The molecule has 0 amide bonds. The van der Waals surface area contributed by atoms with Crippen molar-refractivity contribution in [1.82, 2.24) is 4.98 Å². The van der Waals surface area contributed by atoms with Crippen LogP contribution in [0.25, 0.3) is 0 Å². The summed E-state index contributed by atoms with van der Waals surface area (Å²) in [5.41, 5.74) is 1.38. The lowest BCUT2D eigenvalue weighted by molar-refractivity contribution is 0.359. The summed E-state index contributed by atoms with van der Waals surface area (Å²) in [7, 11) is 0. The number of anilines is 2. The predicted octanol–water partition coefficient (Wildman–Crippen LogP) is 3.75. The highest BCUT2D eigenvalue weighted by Crippen LogP contribution is 2.23. The second-order valence-corrected chi connectivity index (χ2v) is 5.59. The normalized spacial score (nSPS) is 13.2. The van der Waals surface area contributed by atoms with Gasteiger partial charge in [0, 0.05) is 30.5 Å². The van der Waals surface area contributed by atoms with E-state index in [1.54, 1.807) is 0 Å². The van der Waals surface area contributed by atoms with Gasteiger partial charge in [-0.3, -0.25) is 0 Å². The molecule has 0 bridgehead atoms. The number of rotatable bonds is 5. The van der Waals surface area contributed by atoms with Crippen LogP contribution in [0.4, 0.5) is 11.5 Å². The fraction of sp³-hybridized carbons (Fsp3) is 0.643. The Morgan fingerprint density at radius 3 is 2.65 bits per heavy atom. The van der Waals surface area contributed by atoms with Crippen LogP contribution in [0.3, 0.4) is 0 Å². The fourth-order valence-electron chi connectivity index (χ4n) is 1.34. The van der Waals surface area contributed by atoms with Crippen LogP contribution in [0.15, 0.2) is 18.3 Å². The lowest BCUT2D eigenvalue weighted by atomic mass is 9.88. The minimum Gasteiger partial charge on any atom is -0.382 e. The van der Waals surface area contributed by atoms with Gasteiger partial charge in [0.15, 0.2) is 0 Å². The van der Waals surface area contributed by atoms with E-state index in [1.165, 1.54) is 0 Å². The van der Waals surface area contributed by atoms with Crippen LogP contribution in [0.2, 0.25) is 0 Å². The van der Waals surface area contributed by atoms with E-state index in [4.69, 9.17) is 0 Å². The molecule has 17 heavy (non-hydrogen) atoms. The summed E-state index contributed by atoms with van der Waals surface area (Å²) in [5, 5.41) is 6.81. The summed E-state index contributed by atoms with van der Waals surface area (Å²) in [4.78, 5) is 4.30. The minimum atomic E-state index is 0.250. The number of pyridine rings is 1. The molecule has 96 valence electrons. The third-order valence-corrected chi connectivity index (χ3v) is 3.00. The number of nitrogens with one attached hydrogen (secondary N) is 2. The third-order valence-electron chi connectivity index (χ3n) is 3.00. The predicted molar refractivity (Wildman–Crippen MR) is 75.6 cm³/mol. The molecule has 0 aliphatic rings. The van der Waals surface area contributed by atoms with Crippen LogP contribution in [-0.2, 0) is 0 Å². The van der Waals surface area contributed by atoms with Crippen LogP contribution in [-0.4, -0.2) is 17.6 Å². The van der Waals surface area contributed by atoms with Crippen molar-refractivity contribution in [2.45, 2.75) is 47.1 Å². The highest BCUT2D eigenvalue weighted by atomic mass is 15.0. The molecule has 0 aliphatic heterocycles. The van der Waals surface area contributed by atoms with Crippen molar-refractivity contribution >= 4 is 11.5 Å². The summed E-state index contributed by atoms with van der Waals surface area (Å²) in [6.45, 7) is 12.0. The topological polar surface area (TPSA) is 37.0 Å². The Labute approximate surface area is 105 Å². The Morgan fingerprint density at radius 2 is 2.06 bits per heavy atom. The van der Waals surface area contributed by atoms with Crippen molar-refractivity contribution in [3.8, 4) is 0 Å². The van der Waals surface area contributed by atoms with Gasteiger partial charge in [-0.1, -0.05) is 27.7 Å². The number of nitrogens with zero attached hydrogens (tertiary/aromatic N) is 1. The van der Waals surface area contributed by atoms with E-state index in [1.807, 2.05) is 12.3 Å². The molecule has 0 fully saturated rings. The maximum absolute atomic E-state index is 4.30. The SMILES string of the molecule is CCCNc1cc(NC(C)C(C)(C)C)ccn1. The van der Waals surface area contributed by atoms with Crippen LogP contribution in [0, 0.1) is 5.41 Å². The minimum absolute atomic E-state index is 0.250. The Morgan fingerprint density at radius 1 is 1.35 bits per heavy atom. The fourth-order valence-corrected chi connectivity index (χ4v) is 1.34. The molecule has 1 atom stereocenters. The Hall–Kier alpha value is -1.25. The van der Waals surface area contributed by atoms with Crippen molar-refractivity contribution in [2.75, 3.05) is 17.2 Å². The van der Waals surface area contributed by atoms with Gasteiger partial charge in [0.2, 0.25) is 0 Å². The largest absolute Gasteiger partial charge is 0.382 e. The summed E-state index contributed by atoms with van der Waals surface area (Å²) in [6.07, 6.45) is 2.95. The maximum Gasteiger partial charge on any atom is 0.127 e. The van der Waals surface area contributed by atoms with Gasteiger partial charge in [0.05, 0.1) is 0 Å². The molecule has 0 aromatic carbocycles. The molecule has 0 aliphatic carbocycles. The molecule has 0 saturated heterocycles. The standard InChI is InChI=1S/C14H25N3/c1-6-8-15-13-10-12(7-9-16-13)17-11(2)14(3,4)5/h7,9-11H,6,8H2,1-5H3,(H2,15,16,17). The summed E-state index contributed by atoms with van der Waals surface area (Å²) >= 11 is 0. The van der Waals surface area contributed by atoms with Gasteiger partial charge in [0.25, 0.3) is 0 Å². The first kappa shape index (κ1) is 13.8. The smallest absolute Gasteiger partial charge is 0.127 e. The molecule has 1 aromatic heterocycles. The van der Waals surface area contributed by atoms with Gasteiger partial charge in [-0.25, -0.2) is 4.98 Å². The zero-order chi connectivity index (χ0) is 12.9. The monoisotopic (exact) mass is 235 g/mol. The summed E-state index contributed by atoms with van der Waals surface area (Å²) < 4.78 is 0. The van der Waals surface area contributed by atoms with Crippen molar-refractivity contribution in [1.29, 1.82) is 0 Å². The zero-order valence-corrected chi connectivity index (χ0v) is 11.7. The van der Waals surface area contributed by atoms with Crippen LogP contribution < -0.4 is 10.6 Å². The second-order valence-electron chi connectivity index (χ2n) is 5.59. The van der Waals surface area contributed by atoms with Gasteiger partial charge in [-0.2, -0.15) is 0 Å². The first-order chi connectivity index (χ1) is 7.93. The molecule has 0 radical (unpaired) electrons. The third kappa shape index (κ3) is 4.63. The van der Waals surface area contributed by atoms with E-state index >= 15 is 0 Å². The Balaban J connectivity index is 2.65. The lowest BCUT2D eigenvalue weighted by Gasteiger charge is -2.29. The van der Waals surface area contributed by atoms with E-state index in [-0.39, 0.29) is 5.41 Å². The van der Waals surface area contributed by atoms with Gasteiger partial charge >= 0.3 is 0 Å². The molecule has 2 N–H and O–H groups in total. The van der Waals surface area contributed by atoms with E-state index in [9.17, 15) is 0 Å². The second kappa shape index (κ2) is 5.89. The molecule has 3 nitrogen and oxygen atoms in total. The number of hydrogen-bond donors (Lipinski definition) is 2. The highest BCUT2D eigenvalue weighted by molar-refractivity contribution is 5.52. The van der Waals surface area contributed by atoms with E-state index < -0.39 is 0 Å². The first-order valence-electron chi connectivity index (χ1n) is 6.40. The van der Waals surface area contributed by atoms with E-state index in [0.29, 0.717) is 6.04 Å². The molecule has 0 saturated carbocycles. The lowest BCUT2D eigenvalue weighted by Crippen LogP contribution is -2.30. The molecule has 3 heteroatoms. The van der Waals surface area contributed by atoms with Crippen molar-refractivity contribution in [3.05, 3.63) is 18.3 Å². The molecule has 0 spiro atoms. The first-order valence-corrected chi connectivity index (χ1v) is 6.40. The molecular formula is C14H25N3. The molecule has 1 heterocycles. The Kier molecular flexibility index (Phi) is 4.79. The Bertz CT molecular complexity index is 342. The van der Waals surface area contributed by atoms with Gasteiger partial charge in [0.1, 0.15) is 5.82 Å². The molecule has 1 unspecified atom stereocenters. The summed E-state index contributed by atoms with van der Waals surface area (Å²) in [6, 6.07) is 4.50. The number of aromatic nitrogens is 1. The van der Waals surface area contributed by atoms with Crippen LogP contribution in [0.1, 0.15) is 41.0 Å². The highest BCUT2D eigenvalue weighted by Gasteiger charge is 2.19. The van der Waals surface area contributed by atoms with Gasteiger partial charge in [-0.15, -0.1) is 0 Å². The zero-order valence-electron chi connectivity index (χ0n) is 11.7. The molecule has 1 rings (SSSR count). The quantitative estimate of drug-likeness (QED) is 0.816. The van der Waals surface area contributed by atoms with Crippen molar-refractivity contribution in [3.63, 3.8) is 0 Å². The summed E-state index contributed by atoms with van der Waals surface area (Å²) in [5.74, 6) is 0.943. The van der Waals surface area contributed by atoms with E-state index in [2.05, 4.69) is 56.3 Å². The van der Waals surface area contributed by atoms with Gasteiger partial charge in [-0.05, 0) is 24.8 Å². The average molecular weight is 235 g/mol. The van der Waals surface area contributed by atoms with Crippen molar-refractivity contribution < 1.29 is 0 Å². The van der Waals surface area contributed by atoms with Crippen LogP contribution in [0.5, 0.6) is 0 Å². The molecular weight excluding hydrogens is 210 g/mol. The van der Waals surface area contributed by atoms with Crippen LogP contribution >= 0.6 is 0 Å². The molecule has 1 aromatic rings. The maximum atomic E-state index is 4.30. The van der Waals surface area contributed by atoms with Gasteiger partial charge < -0.3 is 10.6 Å². The van der Waals surface area contributed by atoms with Crippen molar-refractivity contribution in [2.24, 2.45) is 5.41 Å². The number of hydrogen-bond acceptors (Lipinski definition) is 3. The average Bonchev–Trinajstić information content (AvgIpc) is 2.25.